The summed E-state index contributed by atoms with van der Waals surface area (Å²) in [6.07, 6.45) is 0. The highest BCUT2D eigenvalue weighted by atomic mass is 32.2. The lowest BCUT2D eigenvalue weighted by molar-refractivity contribution is 0.405. The van der Waals surface area contributed by atoms with Crippen molar-refractivity contribution in [3.63, 3.8) is 0 Å². The second-order valence-electron chi connectivity index (χ2n) is 3.96. The third-order valence-electron chi connectivity index (χ3n) is 2.16. The number of hydrogen-bond donors (Lipinski definition) is 1. The van der Waals surface area contributed by atoms with Gasteiger partial charge in [0.1, 0.15) is 11.8 Å². The van der Waals surface area contributed by atoms with Crippen LogP contribution in [-0.4, -0.2) is 24.9 Å². The summed E-state index contributed by atoms with van der Waals surface area (Å²) in [5, 5.41) is 12.2. The number of nitrogens with one attached hydrogen (secondary N) is 1. The van der Waals surface area contributed by atoms with E-state index in [0.29, 0.717) is 6.04 Å². The normalized spacial score (nSPS) is 12.2. The summed E-state index contributed by atoms with van der Waals surface area (Å²) in [6.45, 7) is 4.08. The minimum atomic E-state index is -0.134. The van der Waals surface area contributed by atoms with Crippen LogP contribution in [0.1, 0.15) is 13.8 Å². The summed E-state index contributed by atoms with van der Waals surface area (Å²) in [5.41, 5.74) is 0. The molecule has 0 radical (unpaired) electrons. The number of nitriles is 1. The average Bonchev–Trinajstić information content (AvgIpc) is 2.34. The molecule has 1 aromatic carbocycles. The van der Waals surface area contributed by atoms with Gasteiger partial charge in [-0.15, -0.1) is 11.8 Å². The van der Waals surface area contributed by atoms with Gasteiger partial charge in [0.25, 0.3) is 0 Å². The lowest BCUT2D eigenvalue weighted by Gasteiger charge is -2.14. The molecule has 0 heterocycles. The summed E-state index contributed by atoms with van der Waals surface area (Å²) in [5.74, 6) is 1.58. The lowest BCUT2D eigenvalue weighted by Crippen LogP contribution is -2.35. The van der Waals surface area contributed by atoms with Crippen molar-refractivity contribution in [2.45, 2.75) is 30.8 Å². The van der Waals surface area contributed by atoms with Gasteiger partial charge < -0.3 is 4.74 Å². The predicted octanol–water partition coefficient (Wildman–Crippen LogP) is 2.68. The number of para-hydroxylation sites is 1. The maximum Gasteiger partial charge on any atom is 0.132 e. The van der Waals surface area contributed by atoms with Crippen LogP contribution in [0, 0.1) is 11.3 Å². The van der Waals surface area contributed by atoms with Gasteiger partial charge in [0.15, 0.2) is 0 Å². The van der Waals surface area contributed by atoms with Crippen LogP contribution in [0.25, 0.3) is 0 Å². The lowest BCUT2D eigenvalue weighted by atomic mass is 10.3. The van der Waals surface area contributed by atoms with E-state index >= 15 is 0 Å². The van der Waals surface area contributed by atoms with Gasteiger partial charge in [0.2, 0.25) is 0 Å². The fourth-order valence-electron chi connectivity index (χ4n) is 1.44. The van der Waals surface area contributed by atoms with Gasteiger partial charge in [0.05, 0.1) is 13.2 Å². The van der Waals surface area contributed by atoms with E-state index in [1.807, 2.05) is 38.1 Å². The van der Waals surface area contributed by atoms with Crippen molar-refractivity contribution >= 4 is 11.8 Å². The summed E-state index contributed by atoms with van der Waals surface area (Å²) in [6, 6.07) is 10.3. The molecule has 0 aliphatic heterocycles. The fraction of sp³-hybridized carbons (Fsp3) is 0.462. The van der Waals surface area contributed by atoms with Crippen LogP contribution in [0.4, 0.5) is 0 Å². The van der Waals surface area contributed by atoms with Crippen LogP contribution in [0.3, 0.4) is 0 Å². The first kappa shape index (κ1) is 13.9. The summed E-state index contributed by atoms with van der Waals surface area (Å²) < 4.78 is 5.27. The van der Waals surface area contributed by atoms with Gasteiger partial charge in [-0.2, -0.15) is 5.26 Å². The van der Waals surface area contributed by atoms with E-state index in [9.17, 15) is 0 Å². The molecular weight excluding hydrogens is 232 g/mol. The monoisotopic (exact) mass is 250 g/mol. The van der Waals surface area contributed by atoms with Gasteiger partial charge in [-0.3, -0.25) is 5.32 Å². The van der Waals surface area contributed by atoms with Crippen molar-refractivity contribution < 1.29 is 4.74 Å². The second kappa shape index (κ2) is 7.21. The maximum atomic E-state index is 9.02. The SMILES string of the molecule is COc1ccccc1SCC(C#N)NC(C)C. The van der Waals surface area contributed by atoms with Crippen molar-refractivity contribution in [2.75, 3.05) is 12.9 Å². The molecule has 1 rings (SSSR count). The first-order valence-corrected chi connectivity index (χ1v) is 6.57. The molecule has 0 amide bonds. The van der Waals surface area contributed by atoms with Crippen LogP contribution in [0.5, 0.6) is 5.75 Å². The van der Waals surface area contributed by atoms with Gasteiger partial charge in [-0.25, -0.2) is 0 Å². The minimum absolute atomic E-state index is 0.134. The van der Waals surface area contributed by atoms with Gasteiger partial charge in [-0.05, 0) is 26.0 Å². The Balaban J connectivity index is 2.57. The van der Waals surface area contributed by atoms with Crippen LogP contribution < -0.4 is 10.1 Å². The molecule has 17 heavy (non-hydrogen) atoms. The van der Waals surface area contributed by atoms with Crippen molar-refractivity contribution in [3.05, 3.63) is 24.3 Å². The molecule has 1 N–H and O–H groups in total. The smallest absolute Gasteiger partial charge is 0.132 e. The highest BCUT2D eigenvalue weighted by Crippen LogP contribution is 2.28. The standard InChI is InChI=1S/C13H18N2OS/c1-10(2)15-11(8-14)9-17-13-7-5-4-6-12(13)16-3/h4-7,10-11,15H,9H2,1-3H3. The number of nitrogens with zero attached hydrogens (tertiary/aromatic N) is 1. The van der Waals surface area contributed by atoms with E-state index in [4.69, 9.17) is 10.00 Å². The first-order chi connectivity index (χ1) is 8.17. The zero-order chi connectivity index (χ0) is 12.7. The first-order valence-electron chi connectivity index (χ1n) is 5.59. The van der Waals surface area contributed by atoms with Crippen molar-refractivity contribution in [3.8, 4) is 11.8 Å². The van der Waals surface area contributed by atoms with Crippen molar-refractivity contribution in [2.24, 2.45) is 0 Å². The number of ether oxygens (including phenoxy) is 1. The van der Waals surface area contributed by atoms with Crippen LogP contribution in [-0.2, 0) is 0 Å². The molecule has 3 nitrogen and oxygen atoms in total. The maximum absolute atomic E-state index is 9.02. The fourth-order valence-corrected chi connectivity index (χ4v) is 2.42. The van der Waals surface area contributed by atoms with E-state index < -0.39 is 0 Å². The zero-order valence-electron chi connectivity index (χ0n) is 10.4. The molecule has 1 unspecified atom stereocenters. The summed E-state index contributed by atoms with van der Waals surface area (Å²) in [4.78, 5) is 1.07. The third-order valence-corrected chi connectivity index (χ3v) is 3.31. The van der Waals surface area contributed by atoms with E-state index in [2.05, 4.69) is 11.4 Å². The highest BCUT2D eigenvalue weighted by molar-refractivity contribution is 7.99. The minimum Gasteiger partial charge on any atom is -0.496 e. The van der Waals surface area contributed by atoms with Crippen LogP contribution in [0.2, 0.25) is 0 Å². The van der Waals surface area contributed by atoms with Gasteiger partial charge in [-0.1, -0.05) is 12.1 Å². The van der Waals surface area contributed by atoms with Crippen molar-refractivity contribution in [1.82, 2.24) is 5.32 Å². The molecule has 0 saturated heterocycles. The molecule has 1 aromatic rings. The molecular formula is C13H18N2OS. The number of benzene rings is 1. The zero-order valence-corrected chi connectivity index (χ0v) is 11.3. The Kier molecular flexibility index (Phi) is 5.88. The topological polar surface area (TPSA) is 45.0 Å². The average molecular weight is 250 g/mol. The Morgan fingerprint density at radius 1 is 1.41 bits per heavy atom. The Labute approximate surface area is 107 Å². The Bertz CT molecular complexity index is 387. The summed E-state index contributed by atoms with van der Waals surface area (Å²) in [7, 11) is 1.66. The van der Waals surface area contributed by atoms with E-state index in [1.165, 1.54) is 0 Å². The Morgan fingerprint density at radius 3 is 2.71 bits per heavy atom. The molecule has 4 heteroatoms. The van der Waals surface area contributed by atoms with Crippen LogP contribution >= 0.6 is 11.8 Å². The number of hydrogen-bond acceptors (Lipinski definition) is 4. The molecule has 0 saturated carbocycles. The number of rotatable bonds is 6. The second-order valence-corrected chi connectivity index (χ2v) is 5.03. The molecule has 0 fully saturated rings. The Hall–Kier alpha value is -1.18. The predicted molar refractivity (Wildman–Crippen MR) is 71.4 cm³/mol. The molecule has 0 aliphatic carbocycles. The van der Waals surface area contributed by atoms with Gasteiger partial charge >= 0.3 is 0 Å². The van der Waals surface area contributed by atoms with E-state index in [0.717, 1.165) is 16.4 Å². The molecule has 0 aromatic heterocycles. The van der Waals surface area contributed by atoms with E-state index in [1.54, 1.807) is 18.9 Å². The largest absolute Gasteiger partial charge is 0.496 e. The van der Waals surface area contributed by atoms with Crippen LogP contribution in [0.15, 0.2) is 29.2 Å². The molecule has 1 atom stereocenters. The van der Waals surface area contributed by atoms with E-state index in [-0.39, 0.29) is 6.04 Å². The number of methoxy groups -OCH3 is 1. The molecule has 92 valence electrons. The van der Waals surface area contributed by atoms with Crippen molar-refractivity contribution in [1.29, 1.82) is 5.26 Å². The quantitative estimate of drug-likeness (QED) is 0.788. The Morgan fingerprint density at radius 2 is 2.12 bits per heavy atom. The molecule has 0 aliphatic rings. The van der Waals surface area contributed by atoms with Gasteiger partial charge in [0, 0.05) is 16.7 Å². The molecule has 0 spiro atoms. The highest BCUT2D eigenvalue weighted by Gasteiger charge is 2.10. The third kappa shape index (κ3) is 4.68. The summed E-state index contributed by atoms with van der Waals surface area (Å²) >= 11 is 1.64. The number of thioether (sulfide) groups is 1. The molecule has 0 bridgehead atoms.